The number of phosphoric ester groups is 1. The van der Waals surface area contributed by atoms with Crippen molar-refractivity contribution < 1.29 is 43.2 Å². The maximum absolute atomic E-state index is 11.8. The van der Waals surface area contributed by atoms with Gasteiger partial charge in [0.2, 0.25) is 18.1 Å². The third kappa shape index (κ3) is 3.30. The first-order chi connectivity index (χ1) is 11.2. The molecule has 0 spiro atoms. The Labute approximate surface area is 140 Å². The average Bonchev–Trinajstić information content (AvgIpc) is 3.00. The van der Waals surface area contributed by atoms with Crippen molar-refractivity contribution in [3.63, 3.8) is 0 Å². The van der Waals surface area contributed by atoms with Crippen LogP contribution in [0.1, 0.15) is 0 Å². The summed E-state index contributed by atoms with van der Waals surface area (Å²) in [5.74, 6) is -0.403. The molecule has 3 heterocycles. The number of amides is 1. The average molecular weight is 381 g/mol. The fraction of sp³-hybridized carbons (Fsp3) is 0.600. The van der Waals surface area contributed by atoms with Gasteiger partial charge < -0.3 is 30.1 Å². The van der Waals surface area contributed by atoms with Crippen LogP contribution in [-0.4, -0.2) is 85.0 Å². The molecule has 0 aliphatic carbocycles. The van der Waals surface area contributed by atoms with Crippen LogP contribution in [0, 0.1) is 0 Å². The molecule has 0 bridgehead atoms. The van der Waals surface area contributed by atoms with E-state index in [1.165, 1.54) is 10.9 Å². The Bertz CT molecular complexity index is 705. The number of aliphatic hydroxyl groups is 2. The minimum Gasteiger partial charge on any atom is -0.387 e. The number of aliphatic hydroxyl groups excluding tert-OH is 2. The molecule has 0 aromatic rings. The van der Waals surface area contributed by atoms with Crippen molar-refractivity contribution in [3.8, 4) is 0 Å². The Hall–Kier alpha value is -1.18. The normalized spacial score (nSPS) is 36.0. The summed E-state index contributed by atoms with van der Waals surface area (Å²) < 4.78 is 21.7. The second kappa shape index (κ2) is 6.28. The van der Waals surface area contributed by atoms with Gasteiger partial charge in [0.05, 0.1) is 6.61 Å². The lowest BCUT2D eigenvalue weighted by Gasteiger charge is -2.18. The molecule has 5 N–H and O–H groups in total. The summed E-state index contributed by atoms with van der Waals surface area (Å²) in [5, 5.41) is 22.5. The minimum atomic E-state index is -4.75. The Morgan fingerprint density at radius 3 is 2.79 bits per heavy atom. The van der Waals surface area contributed by atoms with Crippen molar-refractivity contribution in [3.05, 3.63) is 0 Å². The van der Waals surface area contributed by atoms with Crippen LogP contribution in [0.4, 0.5) is 0 Å². The summed E-state index contributed by atoms with van der Waals surface area (Å²) >= 11 is 4.03. The Kier molecular flexibility index (Phi) is 4.61. The van der Waals surface area contributed by atoms with Crippen molar-refractivity contribution in [1.82, 2.24) is 5.32 Å². The molecule has 5 atom stereocenters. The summed E-state index contributed by atoms with van der Waals surface area (Å²) in [4.78, 5) is 37.2. The summed E-state index contributed by atoms with van der Waals surface area (Å²) in [6.45, 7) is -0.636. The molecule has 132 valence electrons. The molecular formula is C10H14N4O8PS+. The highest BCUT2D eigenvalue weighted by atomic mass is 32.1. The molecule has 0 aromatic heterocycles. The van der Waals surface area contributed by atoms with Crippen molar-refractivity contribution in [2.24, 2.45) is 9.98 Å². The van der Waals surface area contributed by atoms with E-state index in [9.17, 15) is 19.6 Å². The number of ether oxygens (including phenoxy) is 1. The molecule has 3 rings (SSSR count). The Balaban J connectivity index is 1.76. The van der Waals surface area contributed by atoms with Gasteiger partial charge in [0, 0.05) is 0 Å². The lowest BCUT2D eigenvalue weighted by Crippen LogP contribution is -2.50. The molecule has 3 aliphatic heterocycles. The number of carbonyl (C=O) groups is 1. The number of fused-ring (bicyclic) bond motifs is 1. The van der Waals surface area contributed by atoms with Crippen LogP contribution >= 0.6 is 20.5 Å². The van der Waals surface area contributed by atoms with Gasteiger partial charge in [-0.15, -0.1) is 17.6 Å². The third-order valence-electron chi connectivity index (χ3n) is 3.51. The zero-order valence-electron chi connectivity index (χ0n) is 11.8. The van der Waals surface area contributed by atoms with E-state index in [-0.39, 0.29) is 11.5 Å². The number of nitrogens with zero attached hydrogens (tertiary/aromatic N) is 3. The first kappa shape index (κ1) is 17.6. The van der Waals surface area contributed by atoms with Crippen LogP contribution < -0.4 is 5.32 Å². The summed E-state index contributed by atoms with van der Waals surface area (Å²) in [6, 6.07) is 0. The van der Waals surface area contributed by atoms with E-state index >= 15 is 0 Å². The van der Waals surface area contributed by atoms with Crippen LogP contribution in [0.2, 0.25) is 0 Å². The number of rotatable bonds is 4. The predicted octanol–water partition coefficient (Wildman–Crippen LogP) is -3.22. The lowest BCUT2D eigenvalue weighted by molar-refractivity contribution is -0.517. The first-order valence-corrected chi connectivity index (χ1v) is 8.70. The standard InChI is InChI=1S/C10H13N4O8PS/c15-5-3(1-21-23(18,19)20)22-9(6(5)16)14-2-11-4-7(14)12-10(24)13-8(4)17/h2-3,5-6,9-10,15-16H,1H2,(H3-,13,17,18,19,20,24)/p+1/t3-,5-,6-,9-,10-/m1/s1. The summed E-state index contributed by atoms with van der Waals surface area (Å²) in [5.41, 5.74) is -0.807. The SMILES string of the molecule is O=C1N[C@H](S)N=C2C1=NC=[N+]2[C@@H]1O[C@H](COP(=O)(O)O)[C@@H](O)[C@H]1O. The molecule has 0 radical (unpaired) electrons. The number of thiol groups is 1. The van der Waals surface area contributed by atoms with Crippen LogP contribution in [0.25, 0.3) is 0 Å². The largest absolute Gasteiger partial charge is 0.469 e. The van der Waals surface area contributed by atoms with Crippen molar-refractivity contribution in [2.45, 2.75) is 30.0 Å². The fourth-order valence-electron chi connectivity index (χ4n) is 2.43. The predicted molar refractivity (Wildman–Crippen MR) is 80.8 cm³/mol. The van der Waals surface area contributed by atoms with Gasteiger partial charge in [-0.3, -0.25) is 9.32 Å². The third-order valence-corrected chi connectivity index (χ3v) is 4.24. The van der Waals surface area contributed by atoms with E-state index < -0.39 is 50.4 Å². The van der Waals surface area contributed by atoms with E-state index in [0.29, 0.717) is 0 Å². The van der Waals surface area contributed by atoms with E-state index in [1.54, 1.807) is 0 Å². The molecule has 0 aromatic carbocycles. The van der Waals surface area contributed by atoms with Gasteiger partial charge in [-0.1, -0.05) is 4.99 Å². The van der Waals surface area contributed by atoms with E-state index in [2.05, 4.69) is 32.5 Å². The molecule has 1 amide bonds. The highest BCUT2D eigenvalue weighted by Crippen LogP contribution is 2.37. The number of aliphatic imine (C=N–C) groups is 2. The molecular weight excluding hydrogens is 367 g/mol. The van der Waals surface area contributed by atoms with Gasteiger partial charge in [0.1, 0.15) is 18.3 Å². The molecule has 24 heavy (non-hydrogen) atoms. The van der Waals surface area contributed by atoms with Gasteiger partial charge in [-0.25, -0.2) is 9.14 Å². The molecule has 0 unspecified atom stereocenters. The molecule has 1 saturated heterocycles. The molecule has 12 nitrogen and oxygen atoms in total. The van der Waals surface area contributed by atoms with Crippen LogP contribution in [0.5, 0.6) is 0 Å². The monoisotopic (exact) mass is 381 g/mol. The van der Waals surface area contributed by atoms with Gasteiger partial charge in [0.15, 0.2) is 0 Å². The molecule has 0 saturated carbocycles. The maximum atomic E-state index is 11.8. The van der Waals surface area contributed by atoms with E-state index in [4.69, 9.17) is 14.5 Å². The van der Waals surface area contributed by atoms with Gasteiger partial charge in [-0.05, 0) is 0 Å². The quantitative estimate of drug-likeness (QED) is 0.168. The molecule has 3 aliphatic rings. The molecule has 1 fully saturated rings. The number of amidine groups is 1. The van der Waals surface area contributed by atoms with Gasteiger partial charge in [0.25, 0.3) is 11.6 Å². The van der Waals surface area contributed by atoms with Crippen LogP contribution in [0.3, 0.4) is 0 Å². The lowest BCUT2D eigenvalue weighted by atomic mass is 10.1. The van der Waals surface area contributed by atoms with E-state index in [0.717, 1.165) is 0 Å². The van der Waals surface area contributed by atoms with Crippen LogP contribution in [-0.2, 0) is 18.6 Å². The van der Waals surface area contributed by atoms with Crippen molar-refractivity contribution >= 4 is 44.2 Å². The fourth-order valence-corrected chi connectivity index (χ4v) is 3.00. The second-order valence-corrected chi connectivity index (χ2v) is 6.86. The highest BCUT2D eigenvalue weighted by Gasteiger charge is 2.51. The second-order valence-electron chi connectivity index (χ2n) is 5.13. The first-order valence-electron chi connectivity index (χ1n) is 6.65. The Morgan fingerprint density at radius 2 is 2.12 bits per heavy atom. The Morgan fingerprint density at radius 1 is 1.42 bits per heavy atom. The zero-order valence-corrected chi connectivity index (χ0v) is 13.6. The highest BCUT2D eigenvalue weighted by molar-refractivity contribution is 7.80. The summed E-state index contributed by atoms with van der Waals surface area (Å²) in [7, 11) is -4.75. The minimum absolute atomic E-state index is 0.000470. The smallest absolute Gasteiger partial charge is 0.387 e. The van der Waals surface area contributed by atoms with Crippen molar-refractivity contribution in [1.29, 1.82) is 0 Å². The number of carbonyl (C=O) groups excluding carboxylic acids is 1. The van der Waals surface area contributed by atoms with Gasteiger partial charge >= 0.3 is 13.7 Å². The van der Waals surface area contributed by atoms with Crippen LogP contribution in [0.15, 0.2) is 9.98 Å². The van der Waals surface area contributed by atoms with Gasteiger partial charge in [-0.2, -0.15) is 0 Å². The zero-order chi connectivity index (χ0) is 17.6. The number of hydrogen-bond acceptors (Lipinski definition) is 9. The molecule has 14 heteroatoms. The number of hydrogen-bond donors (Lipinski definition) is 6. The van der Waals surface area contributed by atoms with Crippen molar-refractivity contribution in [2.75, 3.05) is 6.61 Å². The topological polar surface area (TPSA) is 173 Å². The number of phosphoric acid groups is 1. The summed E-state index contributed by atoms with van der Waals surface area (Å²) in [6.07, 6.45) is -4.08. The number of nitrogens with one attached hydrogen (secondary N) is 1. The maximum Gasteiger partial charge on any atom is 0.469 e. The van der Waals surface area contributed by atoms with E-state index in [1.807, 2.05) is 0 Å².